The average Bonchev–Trinajstić information content (AvgIpc) is 3.03. The van der Waals surface area contributed by atoms with Crippen molar-refractivity contribution in [3.8, 4) is 5.75 Å². The lowest BCUT2D eigenvalue weighted by Crippen LogP contribution is -2.29. The van der Waals surface area contributed by atoms with E-state index in [4.69, 9.17) is 4.74 Å². The van der Waals surface area contributed by atoms with Gasteiger partial charge in [-0.2, -0.15) is 0 Å². The summed E-state index contributed by atoms with van der Waals surface area (Å²) in [5, 5.41) is 2.74. The van der Waals surface area contributed by atoms with Gasteiger partial charge in [0.25, 0.3) is 17.7 Å². The van der Waals surface area contributed by atoms with Crippen LogP contribution in [0.1, 0.15) is 33.2 Å². The molecule has 1 heterocycles. The second kappa shape index (κ2) is 8.21. The molecule has 4 rings (SSSR count). The third-order valence-electron chi connectivity index (χ3n) is 4.88. The number of carbonyl (C=O) groups excluding carboxylic acids is 3. The number of ether oxygens (including phenoxy) is 1. The van der Waals surface area contributed by atoms with E-state index in [9.17, 15) is 14.4 Å². The largest absolute Gasteiger partial charge is 0.484 e. The maximum absolute atomic E-state index is 12.6. The molecule has 150 valence electrons. The van der Waals surface area contributed by atoms with Gasteiger partial charge in [0.2, 0.25) is 0 Å². The van der Waals surface area contributed by atoms with E-state index < -0.39 is 0 Å². The van der Waals surface area contributed by atoms with Crippen LogP contribution in [0.25, 0.3) is 0 Å². The van der Waals surface area contributed by atoms with Gasteiger partial charge in [-0.25, -0.2) is 4.90 Å². The molecular formula is C24H20N2O4. The van der Waals surface area contributed by atoms with Crippen LogP contribution in [0.15, 0.2) is 72.8 Å². The SMILES string of the molecule is CCc1ccc(OCC(=O)Nc2cccc(N3C(=O)c4ccccc4C3=O)c2)cc1. The maximum Gasteiger partial charge on any atom is 0.266 e. The van der Waals surface area contributed by atoms with Crippen LogP contribution in [0, 0.1) is 0 Å². The minimum absolute atomic E-state index is 0.150. The van der Waals surface area contributed by atoms with Gasteiger partial charge in [0.05, 0.1) is 16.8 Å². The van der Waals surface area contributed by atoms with Crippen molar-refractivity contribution in [1.82, 2.24) is 0 Å². The van der Waals surface area contributed by atoms with Gasteiger partial charge in [0, 0.05) is 5.69 Å². The van der Waals surface area contributed by atoms with Crippen molar-refractivity contribution in [3.63, 3.8) is 0 Å². The van der Waals surface area contributed by atoms with Crippen molar-refractivity contribution in [3.05, 3.63) is 89.5 Å². The Kier molecular flexibility index (Phi) is 5.30. The quantitative estimate of drug-likeness (QED) is 0.633. The molecule has 1 N–H and O–H groups in total. The second-order valence-electron chi connectivity index (χ2n) is 6.88. The van der Waals surface area contributed by atoms with Gasteiger partial charge in [-0.1, -0.05) is 37.3 Å². The van der Waals surface area contributed by atoms with E-state index in [1.807, 2.05) is 24.3 Å². The first-order chi connectivity index (χ1) is 14.6. The molecular weight excluding hydrogens is 380 g/mol. The molecule has 3 aromatic carbocycles. The summed E-state index contributed by atoms with van der Waals surface area (Å²) < 4.78 is 5.52. The molecule has 0 aliphatic carbocycles. The Labute approximate surface area is 174 Å². The molecule has 0 bridgehead atoms. The number of nitrogens with zero attached hydrogens (tertiary/aromatic N) is 1. The molecule has 0 saturated heterocycles. The number of amides is 3. The Balaban J connectivity index is 1.43. The van der Waals surface area contributed by atoms with Crippen LogP contribution in [0.2, 0.25) is 0 Å². The van der Waals surface area contributed by atoms with E-state index in [-0.39, 0.29) is 24.3 Å². The lowest BCUT2D eigenvalue weighted by atomic mass is 10.1. The number of imide groups is 1. The summed E-state index contributed by atoms with van der Waals surface area (Å²) in [6.45, 7) is 1.92. The van der Waals surface area contributed by atoms with Crippen molar-refractivity contribution in [2.24, 2.45) is 0 Å². The summed E-state index contributed by atoms with van der Waals surface area (Å²) in [6.07, 6.45) is 0.935. The predicted octanol–water partition coefficient (Wildman–Crippen LogP) is 4.07. The first-order valence-electron chi connectivity index (χ1n) is 9.66. The van der Waals surface area contributed by atoms with Crippen LogP contribution in [0.5, 0.6) is 5.75 Å². The van der Waals surface area contributed by atoms with Crippen LogP contribution in [-0.4, -0.2) is 24.3 Å². The minimum Gasteiger partial charge on any atom is -0.484 e. The highest BCUT2D eigenvalue weighted by atomic mass is 16.5. The molecule has 0 unspecified atom stereocenters. The molecule has 6 nitrogen and oxygen atoms in total. The number of anilines is 2. The van der Waals surface area contributed by atoms with Crippen LogP contribution in [-0.2, 0) is 11.2 Å². The van der Waals surface area contributed by atoms with Crippen molar-refractivity contribution in [1.29, 1.82) is 0 Å². The summed E-state index contributed by atoms with van der Waals surface area (Å²) in [5.74, 6) is -0.480. The third-order valence-corrected chi connectivity index (χ3v) is 4.88. The zero-order valence-electron chi connectivity index (χ0n) is 16.4. The fraction of sp³-hybridized carbons (Fsp3) is 0.125. The fourth-order valence-corrected chi connectivity index (χ4v) is 3.31. The predicted molar refractivity (Wildman–Crippen MR) is 114 cm³/mol. The zero-order chi connectivity index (χ0) is 21.1. The van der Waals surface area contributed by atoms with Gasteiger partial charge in [0.15, 0.2) is 6.61 Å². The molecule has 30 heavy (non-hydrogen) atoms. The standard InChI is InChI=1S/C24H20N2O4/c1-2-16-10-12-19(13-11-16)30-15-22(27)25-17-6-5-7-18(14-17)26-23(28)20-8-3-4-9-21(20)24(26)29/h3-14H,2,15H2,1H3,(H,25,27). The number of hydrogen-bond acceptors (Lipinski definition) is 4. The first kappa shape index (κ1) is 19.4. The number of aryl methyl sites for hydroxylation is 1. The highest BCUT2D eigenvalue weighted by molar-refractivity contribution is 6.34. The number of rotatable bonds is 6. The molecule has 0 spiro atoms. The fourth-order valence-electron chi connectivity index (χ4n) is 3.31. The summed E-state index contributed by atoms with van der Waals surface area (Å²) >= 11 is 0. The van der Waals surface area contributed by atoms with Gasteiger partial charge >= 0.3 is 0 Å². The Morgan fingerprint density at radius 3 is 2.20 bits per heavy atom. The smallest absolute Gasteiger partial charge is 0.266 e. The minimum atomic E-state index is -0.377. The number of fused-ring (bicyclic) bond motifs is 1. The lowest BCUT2D eigenvalue weighted by molar-refractivity contribution is -0.118. The van der Waals surface area contributed by atoms with Gasteiger partial charge < -0.3 is 10.1 Å². The molecule has 0 fully saturated rings. The molecule has 0 aromatic heterocycles. The van der Waals surface area contributed by atoms with Gasteiger partial charge in [0.1, 0.15) is 5.75 Å². The molecule has 3 aromatic rings. The zero-order valence-corrected chi connectivity index (χ0v) is 16.4. The monoisotopic (exact) mass is 400 g/mol. The van der Waals surface area contributed by atoms with E-state index in [1.54, 1.807) is 48.5 Å². The Bertz CT molecular complexity index is 1090. The molecule has 0 radical (unpaired) electrons. The second-order valence-corrected chi connectivity index (χ2v) is 6.88. The first-order valence-corrected chi connectivity index (χ1v) is 9.66. The van der Waals surface area contributed by atoms with Gasteiger partial charge in [-0.05, 0) is 54.4 Å². The maximum atomic E-state index is 12.6. The Hall–Kier alpha value is -3.93. The third kappa shape index (κ3) is 3.80. The molecule has 0 atom stereocenters. The normalized spacial score (nSPS) is 12.6. The van der Waals surface area contributed by atoms with E-state index in [0.717, 1.165) is 11.3 Å². The summed E-state index contributed by atoms with van der Waals surface area (Å²) in [5.41, 5.74) is 2.81. The van der Waals surface area contributed by atoms with E-state index >= 15 is 0 Å². The molecule has 1 aliphatic heterocycles. The number of hydrogen-bond donors (Lipinski definition) is 1. The number of carbonyl (C=O) groups is 3. The Morgan fingerprint density at radius 1 is 0.900 bits per heavy atom. The van der Waals surface area contributed by atoms with Crippen LogP contribution < -0.4 is 15.0 Å². The van der Waals surface area contributed by atoms with E-state index in [2.05, 4.69) is 12.2 Å². The number of nitrogens with one attached hydrogen (secondary N) is 1. The van der Waals surface area contributed by atoms with Crippen molar-refractivity contribution < 1.29 is 19.1 Å². The molecule has 1 aliphatic rings. The van der Waals surface area contributed by atoms with Crippen LogP contribution >= 0.6 is 0 Å². The Morgan fingerprint density at radius 2 is 1.57 bits per heavy atom. The van der Waals surface area contributed by atoms with Gasteiger partial charge in [-0.3, -0.25) is 14.4 Å². The summed E-state index contributed by atoms with van der Waals surface area (Å²) in [4.78, 5) is 38.7. The van der Waals surface area contributed by atoms with Crippen molar-refractivity contribution in [2.75, 3.05) is 16.8 Å². The highest BCUT2D eigenvalue weighted by Gasteiger charge is 2.36. The summed E-state index contributed by atoms with van der Waals surface area (Å²) in [6, 6.07) is 20.9. The van der Waals surface area contributed by atoms with Gasteiger partial charge in [-0.15, -0.1) is 0 Å². The van der Waals surface area contributed by atoms with Crippen LogP contribution in [0.4, 0.5) is 11.4 Å². The molecule has 6 heteroatoms. The number of benzene rings is 3. The van der Waals surface area contributed by atoms with Crippen molar-refractivity contribution >= 4 is 29.1 Å². The molecule has 3 amide bonds. The average molecular weight is 400 g/mol. The topological polar surface area (TPSA) is 75.7 Å². The van der Waals surface area contributed by atoms with Crippen LogP contribution in [0.3, 0.4) is 0 Å². The molecule has 0 saturated carbocycles. The van der Waals surface area contributed by atoms with Crippen molar-refractivity contribution in [2.45, 2.75) is 13.3 Å². The highest BCUT2D eigenvalue weighted by Crippen LogP contribution is 2.29. The lowest BCUT2D eigenvalue weighted by Gasteiger charge is -2.15. The van der Waals surface area contributed by atoms with E-state index in [0.29, 0.717) is 28.3 Å². The summed E-state index contributed by atoms with van der Waals surface area (Å²) in [7, 11) is 0. The van der Waals surface area contributed by atoms with E-state index in [1.165, 1.54) is 5.56 Å².